The Labute approximate surface area is 167 Å². The van der Waals surface area contributed by atoms with Crippen molar-refractivity contribution in [3.8, 4) is 5.75 Å². The lowest BCUT2D eigenvalue weighted by Gasteiger charge is -2.07. The lowest BCUT2D eigenvalue weighted by molar-refractivity contribution is -0.385. The number of aryl methyl sites for hydroxylation is 1. The molecule has 0 fully saturated rings. The summed E-state index contributed by atoms with van der Waals surface area (Å²) in [6.45, 7) is 2.46. The molecule has 0 bridgehead atoms. The number of hydrazone groups is 1. The number of nitro benzene ring substituents is 1. The largest absolute Gasteiger partial charge is 0.489 e. The summed E-state index contributed by atoms with van der Waals surface area (Å²) < 4.78 is 5.72. The number of nitro groups is 1. The van der Waals surface area contributed by atoms with Gasteiger partial charge in [-0.3, -0.25) is 14.9 Å². The van der Waals surface area contributed by atoms with Crippen LogP contribution < -0.4 is 10.2 Å². The summed E-state index contributed by atoms with van der Waals surface area (Å²) in [4.78, 5) is 22.7. The average molecular weight is 389 g/mol. The van der Waals surface area contributed by atoms with Crippen LogP contribution in [0.25, 0.3) is 0 Å². The number of nitrogens with one attached hydrogen (secondary N) is 1. The van der Waals surface area contributed by atoms with Gasteiger partial charge in [-0.2, -0.15) is 5.10 Å². The smallest absolute Gasteiger partial charge is 0.278 e. The van der Waals surface area contributed by atoms with Crippen LogP contribution in [0.4, 0.5) is 5.69 Å². The first kappa shape index (κ1) is 19.8. The zero-order valence-corrected chi connectivity index (χ0v) is 15.7. The molecule has 0 aromatic heterocycles. The molecule has 3 aromatic rings. The summed E-state index contributed by atoms with van der Waals surface area (Å²) >= 11 is 0. The van der Waals surface area contributed by atoms with Crippen molar-refractivity contribution < 1.29 is 14.5 Å². The highest BCUT2D eigenvalue weighted by Gasteiger charge is 2.10. The van der Waals surface area contributed by atoms with Crippen LogP contribution in [0.3, 0.4) is 0 Å². The highest BCUT2D eigenvalue weighted by Crippen LogP contribution is 2.16. The molecule has 0 saturated heterocycles. The molecule has 0 radical (unpaired) electrons. The first-order valence-corrected chi connectivity index (χ1v) is 8.88. The van der Waals surface area contributed by atoms with Gasteiger partial charge < -0.3 is 4.74 Å². The Hall–Kier alpha value is -4.00. The van der Waals surface area contributed by atoms with Gasteiger partial charge in [0.25, 0.3) is 11.6 Å². The topological polar surface area (TPSA) is 93.8 Å². The number of hydrogen-bond acceptors (Lipinski definition) is 5. The molecule has 29 heavy (non-hydrogen) atoms. The van der Waals surface area contributed by atoms with E-state index in [2.05, 4.69) is 10.5 Å². The number of amides is 1. The molecular formula is C22H19N3O4. The van der Waals surface area contributed by atoms with Gasteiger partial charge in [-0.1, -0.05) is 42.0 Å². The van der Waals surface area contributed by atoms with Gasteiger partial charge in [-0.05, 0) is 42.8 Å². The fraction of sp³-hybridized carbons (Fsp3) is 0.0909. The van der Waals surface area contributed by atoms with Gasteiger partial charge >= 0.3 is 0 Å². The van der Waals surface area contributed by atoms with Gasteiger partial charge in [0.1, 0.15) is 12.4 Å². The van der Waals surface area contributed by atoms with Crippen LogP contribution in [0, 0.1) is 17.0 Å². The molecule has 1 amide bonds. The van der Waals surface area contributed by atoms with E-state index in [0.29, 0.717) is 23.5 Å². The minimum Gasteiger partial charge on any atom is -0.489 e. The third kappa shape index (κ3) is 5.49. The summed E-state index contributed by atoms with van der Waals surface area (Å²) in [6, 6.07) is 20.9. The van der Waals surface area contributed by atoms with Gasteiger partial charge in [0.05, 0.1) is 16.7 Å². The number of nitrogens with zero attached hydrogens (tertiary/aromatic N) is 2. The molecule has 0 aliphatic heterocycles. The SMILES string of the molecule is Cc1ccc(COc2ccc(C(=O)N/N=C\c3ccccc3[N+](=O)[O-])cc2)cc1. The summed E-state index contributed by atoms with van der Waals surface area (Å²) in [5, 5.41) is 14.8. The van der Waals surface area contributed by atoms with Gasteiger partial charge in [0.2, 0.25) is 0 Å². The third-order valence-corrected chi connectivity index (χ3v) is 4.15. The molecule has 1 N–H and O–H groups in total. The van der Waals surface area contributed by atoms with Crippen molar-refractivity contribution in [1.82, 2.24) is 5.43 Å². The second-order valence-corrected chi connectivity index (χ2v) is 6.31. The Balaban J connectivity index is 1.56. The minimum atomic E-state index is -0.501. The Bertz CT molecular complexity index is 1030. The highest BCUT2D eigenvalue weighted by atomic mass is 16.6. The number of carbonyl (C=O) groups is 1. The maximum atomic E-state index is 12.2. The first-order chi connectivity index (χ1) is 14.0. The monoisotopic (exact) mass is 389 g/mol. The van der Waals surface area contributed by atoms with E-state index >= 15 is 0 Å². The number of benzene rings is 3. The summed E-state index contributed by atoms with van der Waals surface area (Å²) in [6.07, 6.45) is 1.25. The van der Waals surface area contributed by atoms with Crippen molar-refractivity contribution in [3.63, 3.8) is 0 Å². The average Bonchev–Trinajstić information content (AvgIpc) is 2.74. The predicted octanol–water partition coefficient (Wildman–Crippen LogP) is 4.25. The van der Waals surface area contributed by atoms with Crippen molar-refractivity contribution in [2.75, 3.05) is 0 Å². The standard InChI is InChI=1S/C22H19N3O4/c1-16-6-8-17(9-7-16)15-29-20-12-10-18(11-13-20)22(26)24-23-14-19-4-2-3-5-21(19)25(27)28/h2-14H,15H2,1H3,(H,24,26)/b23-14-. The number of rotatable bonds is 7. The van der Waals surface area contributed by atoms with E-state index in [-0.39, 0.29) is 5.69 Å². The van der Waals surface area contributed by atoms with Crippen LogP contribution in [-0.2, 0) is 6.61 Å². The second kappa shape index (κ2) is 9.27. The normalized spacial score (nSPS) is 10.7. The fourth-order valence-electron chi connectivity index (χ4n) is 2.54. The van der Waals surface area contributed by atoms with E-state index in [4.69, 9.17) is 4.74 Å². The van der Waals surface area contributed by atoms with Crippen LogP contribution in [0.2, 0.25) is 0 Å². The van der Waals surface area contributed by atoms with E-state index in [1.54, 1.807) is 42.5 Å². The zero-order chi connectivity index (χ0) is 20.6. The molecule has 0 atom stereocenters. The van der Waals surface area contributed by atoms with E-state index in [1.807, 2.05) is 31.2 Å². The van der Waals surface area contributed by atoms with Gasteiger partial charge in [0, 0.05) is 11.6 Å². The molecule has 3 aromatic carbocycles. The van der Waals surface area contributed by atoms with Crippen LogP contribution >= 0.6 is 0 Å². The summed E-state index contributed by atoms with van der Waals surface area (Å²) in [5.74, 6) is 0.218. The molecule has 7 heteroatoms. The molecule has 0 aliphatic carbocycles. The summed E-state index contributed by atoms with van der Waals surface area (Å²) in [7, 11) is 0. The molecule has 0 saturated carbocycles. The summed E-state index contributed by atoms with van der Waals surface area (Å²) in [5.41, 5.74) is 5.23. The highest BCUT2D eigenvalue weighted by molar-refractivity contribution is 5.95. The molecule has 3 rings (SSSR count). The number of ether oxygens (including phenoxy) is 1. The minimum absolute atomic E-state index is 0.0828. The Morgan fingerprint density at radius 3 is 2.45 bits per heavy atom. The Morgan fingerprint density at radius 1 is 1.07 bits per heavy atom. The van der Waals surface area contributed by atoms with Crippen LogP contribution in [0.1, 0.15) is 27.0 Å². The lowest BCUT2D eigenvalue weighted by Crippen LogP contribution is -2.17. The number of carbonyl (C=O) groups excluding carboxylic acids is 1. The van der Waals surface area contributed by atoms with Crippen molar-refractivity contribution in [2.24, 2.45) is 5.10 Å². The van der Waals surface area contributed by atoms with Crippen molar-refractivity contribution in [3.05, 3.63) is 105 Å². The Kier molecular flexibility index (Phi) is 6.32. The molecular weight excluding hydrogens is 370 g/mol. The quantitative estimate of drug-likeness (QED) is 0.371. The molecule has 0 heterocycles. The van der Waals surface area contributed by atoms with Crippen LogP contribution in [-0.4, -0.2) is 17.0 Å². The van der Waals surface area contributed by atoms with Gasteiger partial charge in [0.15, 0.2) is 0 Å². The third-order valence-electron chi connectivity index (χ3n) is 4.15. The Morgan fingerprint density at radius 2 is 1.76 bits per heavy atom. The molecule has 146 valence electrons. The molecule has 0 spiro atoms. The van der Waals surface area contributed by atoms with E-state index in [9.17, 15) is 14.9 Å². The first-order valence-electron chi connectivity index (χ1n) is 8.88. The van der Waals surface area contributed by atoms with Crippen molar-refractivity contribution in [1.29, 1.82) is 0 Å². The van der Waals surface area contributed by atoms with E-state index in [0.717, 1.165) is 5.56 Å². The molecule has 7 nitrogen and oxygen atoms in total. The van der Waals surface area contributed by atoms with E-state index in [1.165, 1.54) is 17.8 Å². The van der Waals surface area contributed by atoms with Crippen LogP contribution in [0.5, 0.6) is 5.75 Å². The number of para-hydroxylation sites is 1. The molecule has 0 aliphatic rings. The number of hydrogen-bond donors (Lipinski definition) is 1. The van der Waals surface area contributed by atoms with Crippen LogP contribution in [0.15, 0.2) is 77.9 Å². The van der Waals surface area contributed by atoms with Crippen molar-refractivity contribution in [2.45, 2.75) is 13.5 Å². The maximum absolute atomic E-state index is 12.2. The second-order valence-electron chi connectivity index (χ2n) is 6.31. The molecule has 0 unspecified atom stereocenters. The van der Waals surface area contributed by atoms with E-state index < -0.39 is 10.8 Å². The lowest BCUT2D eigenvalue weighted by atomic mass is 10.2. The maximum Gasteiger partial charge on any atom is 0.278 e. The predicted molar refractivity (Wildman–Crippen MR) is 110 cm³/mol. The zero-order valence-electron chi connectivity index (χ0n) is 15.7. The van der Waals surface area contributed by atoms with Gasteiger partial charge in [-0.15, -0.1) is 0 Å². The van der Waals surface area contributed by atoms with Gasteiger partial charge in [-0.25, -0.2) is 5.43 Å². The van der Waals surface area contributed by atoms with Crippen molar-refractivity contribution >= 4 is 17.8 Å². The fourth-order valence-corrected chi connectivity index (χ4v) is 2.54.